The summed E-state index contributed by atoms with van der Waals surface area (Å²) < 4.78 is 60.9. The minimum atomic E-state index is -4.91. The summed E-state index contributed by atoms with van der Waals surface area (Å²) in [6.45, 7) is 4.28. The lowest BCUT2D eigenvalue weighted by atomic mass is 10.2. The van der Waals surface area contributed by atoms with Crippen LogP contribution in [0.15, 0.2) is 44.9 Å². The zero-order valence-electron chi connectivity index (χ0n) is 18.9. The van der Waals surface area contributed by atoms with Gasteiger partial charge in [-0.1, -0.05) is 12.1 Å². The predicted octanol–water partition coefficient (Wildman–Crippen LogP) is 3.49. The Labute approximate surface area is 201 Å². The van der Waals surface area contributed by atoms with E-state index >= 15 is 0 Å². The number of nitrogens with one attached hydrogen (secondary N) is 1. The molecule has 1 N–H and O–H groups in total. The first kappa shape index (κ1) is 25.0. The van der Waals surface area contributed by atoms with Crippen LogP contribution in [0.2, 0.25) is 0 Å². The van der Waals surface area contributed by atoms with Crippen molar-refractivity contribution in [3.8, 4) is 5.75 Å². The van der Waals surface area contributed by atoms with Crippen molar-refractivity contribution in [1.82, 2.24) is 10.2 Å². The van der Waals surface area contributed by atoms with Gasteiger partial charge in [0.05, 0.1) is 12.8 Å². The first-order valence-electron chi connectivity index (χ1n) is 11.0. The van der Waals surface area contributed by atoms with Crippen LogP contribution in [0.1, 0.15) is 22.5 Å². The van der Waals surface area contributed by atoms with Crippen LogP contribution < -0.4 is 20.4 Å². The van der Waals surface area contributed by atoms with Crippen LogP contribution in [0, 0.1) is 0 Å². The molecule has 3 heterocycles. The summed E-state index contributed by atoms with van der Waals surface area (Å²) in [6.07, 6.45) is -4.30. The molecule has 1 aromatic carbocycles. The highest BCUT2D eigenvalue weighted by atomic mass is 32.2. The molecule has 3 aromatic rings. The Morgan fingerprint density at radius 1 is 1.23 bits per heavy atom. The SMILES string of the molecule is COc1ccccc1N1CCN(CCCNC(=O)c2c[s+]([O-])c3c(=O)cc(C(F)(F)F)oc23)CC1. The summed E-state index contributed by atoms with van der Waals surface area (Å²) in [5.74, 6) is -1.45. The predicted molar refractivity (Wildman–Crippen MR) is 125 cm³/mol. The third-order valence-electron chi connectivity index (χ3n) is 5.83. The molecule has 1 unspecified atom stereocenters. The van der Waals surface area contributed by atoms with Gasteiger partial charge in [0.15, 0.2) is 5.38 Å². The fourth-order valence-electron chi connectivity index (χ4n) is 4.07. The van der Waals surface area contributed by atoms with Crippen molar-refractivity contribution in [2.24, 2.45) is 0 Å². The van der Waals surface area contributed by atoms with Crippen molar-refractivity contribution in [3.63, 3.8) is 0 Å². The molecule has 12 heteroatoms. The molecule has 0 spiro atoms. The highest BCUT2D eigenvalue weighted by molar-refractivity contribution is 7.30. The molecule has 2 aromatic heterocycles. The van der Waals surface area contributed by atoms with Gasteiger partial charge >= 0.3 is 6.18 Å². The van der Waals surface area contributed by atoms with Crippen LogP contribution in [0.25, 0.3) is 10.3 Å². The number of anilines is 1. The van der Waals surface area contributed by atoms with E-state index < -0.39 is 44.3 Å². The van der Waals surface area contributed by atoms with Gasteiger partial charge < -0.3 is 23.9 Å². The Balaban J connectivity index is 1.31. The highest BCUT2D eigenvalue weighted by Gasteiger charge is 2.37. The zero-order chi connectivity index (χ0) is 25.2. The lowest BCUT2D eigenvalue weighted by Crippen LogP contribution is -2.47. The van der Waals surface area contributed by atoms with Gasteiger partial charge in [0.2, 0.25) is 16.8 Å². The fraction of sp³-hybridized carbons (Fsp3) is 0.391. The molecule has 1 fully saturated rings. The van der Waals surface area contributed by atoms with Crippen molar-refractivity contribution in [2.75, 3.05) is 51.3 Å². The molecule has 1 amide bonds. The number of benzene rings is 1. The summed E-state index contributed by atoms with van der Waals surface area (Å²) >= 11 is 0. The monoisotopic (exact) mass is 511 g/mol. The molecule has 188 valence electrons. The van der Waals surface area contributed by atoms with Crippen molar-refractivity contribution in [3.05, 3.63) is 57.3 Å². The number of halogens is 3. The molecule has 4 rings (SSSR count). The molecule has 0 saturated carbocycles. The molecular formula is C23H24F3N3O5S. The second-order valence-corrected chi connectivity index (χ2v) is 9.31. The Morgan fingerprint density at radius 3 is 2.63 bits per heavy atom. The smallest absolute Gasteiger partial charge is 0.449 e. The van der Waals surface area contributed by atoms with Gasteiger partial charge in [0.1, 0.15) is 11.3 Å². The third-order valence-corrected chi connectivity index (χ3v) is 7.07. The number of amides is 1. The van der Waals surface area contributed by atoms with E-state index in [0.29, 0.717) is 6.42 Å². The van der Waals surface area contributed by atoms with E-state index in [4.69, 9.17) is 9.15 Å². The number of nitrogens with zero attached hydrogens (tertiary/aromatic N) is 2. The normalized spacial score (nSPS) is 15.5. The Hall–Kier alpha value is -3.09. The Bertz CT molecular complexity index is 1270. The lowest BCUT2D eigenvalue weighted by Gasteiger charge is -2.36. The maximum absolute atomic E-state index is 13.0. The van der Waals surface area contributed by atoms with Crippen molar-refractivity contribution in [2.45, 2.75) is 12.6 Å². The number of rotatable bonds is 7. The lowest BCUT2D eigenvalue weighted by molar-refractivity contribution is -0.152. The van der Waals surface area contributed by atoms with Gasteiger partial charge in [0, 0.05) is 38.8 Å². The summed E-state index contributed by atoms with van der Waals surface area (Å²) in [5.41, 5.74) is -0.951. The van der Waals surface area contributed by atoms with Crippen LogP contribution >= 0.6 is 10.8 Å². The van der Waals surface area contributed by atoms with Gasteiger partial charge in [-0.3, -0.25) is 14.5 Å². The number of para-hydroxylation sites is 2. The molecular weight excluding hydrogens is 487 g/mol. The number of carbonyl (C=O) groups is 1. The molecule has 1 aliphatic heterocycles. The summed E-state index contributed by atoms with van der Waals surface area (Å²) in [7, 11) is -0.403. The second kappa shape index (κ2) is 10.3. The zero-order valence-corrected chi connectivity index (χ0v) is 19.7. The van der Waals surface area contributed by atoms with Crippen LogP contribution in [0.3, 0.4) is 0 Å². The first-order chi connectivity index (χ1) is 16.7. The Morgan fingerprint density at radius 2 is 1.94 bits per heavy atom. The Kier molecular flexibility index (Phi) is 7.33. The van der Waals surface area contributed by atoms with E-state index in [2.05, 4.69) is 15.1 Å². The summed E-state index contributed by atoms with van der Waals surface area (Å²) in [6, 6.07) is 8.09. The number of methoxy groups -OCH3 is 1. The average molecular weight is 512 g/mol. The quantitative estimate of drug-likeness (QED) is 0.383. The molecule has 1 aliphatic rings. The van der Waals surface area contributed by atoms with E-state index in [1.165, 1.54) is 0 Å². The van der Waals surface area contributed by atoms with Gasteiger partial charge in [-0.25, -0.2) is 0 Å². The second-order valence-electron chi connectivity index (χ2n) is 8.07. The topological polar surface area (TPSA) is 98.1 Å². The molecule has 0 bridgehead atoms. The molecule has 0 radical (unpaired) electrons. The molecule has 1 atom stereocenters. The van der Waals surface area contributed by atoms with Crippen LogP contribution in [-0.2, 0) is 6.18 Å². The maximum Gasteiger partial charge on any atom is 0.449 e. The number of alkyl halides is 3. The molecule has 0 aliphatic carbocycles. The van der Waals surface area contributed by atoms with Crippen LogP contribution in [-0.4, -0.2) is 61.7 Å². The average Bonchev–Trinajstić information content (AvgIpc) is 3.18. The third kappa shape index (κ3) is 5.44. The van der Waals surface area contributed by atoms with Crippen LogP contribution in [0.4, 0.5) is 18.9 Å². The molecule has 35 heavy (non-hydrogen) atoms. The number of carbonyl (C=O) groups excluding carboxylic acids is 1. The number of thiophene rings is 1. The number of hydrogen-bond donors (Lipinski definition) is 1. The fourth-order valence-corrected chi connectivity index (χ4v) is 5.21. The van der Waals surface area contributed by atoms with E-state index in [-0.39, 0.29) is 18.2 Å². The van der Waals surface area contributed by atoms with Crippen molar-refractivity contribution in [1.29, 1.82) is 0 Å². The number of fused-ring (bicyclic) bond motifs is 1. The van der Waals surface area contributed by atoms with Crippen molar-refractivity contribution < 1.29 is 31.7 Å². The molecule has 1 saturated heterocycles. The summed E-state index contributed by atoms with van der Waals surface area (Å²) in [5, 5.41) is 3.56. The van der Waals surface area contributed by atoms with Gasteiger partial charge in [-0.2, -0.15) is 13.2 Å². The summed E-state index contributed by atoms with van der Waals surface area (Å²) in [4.78, 5) is 29.1. The van der Waals surface area contributed by atoms with E-state index in [1.54, 1.807) is 7.11 Å². The maximum atomic E-state index is 13.0. The minimum Gasteiger partial charge on any atom is -0.590 e. The number of piperazine rings is 1. The van der Waals surface area contributed by atoms with Gasteiger partial charge in [0.25, 0.3) is 10.6 Å². The standard InChI is InChI=1S/C23H24F3N3O5S/c1-33-18-6-3-2-5-16(18)29-11-9-28(10-12-29)8-4-7-27-22(31)15-14-35(32)21-17(30)13-19(23(24,25)26)34-20(15)21/h2-3,5-6,13-14H,4,7-12H2,1H3,(H,27,31). The van der Waals surface area contributed by atoms with E-state index in [1.807, 2.05) is 24.3 Å². The van der Waals surface area contributed by atoms with Gasteiger partial charge in [-0.05, 0) is 35.8 Å². The molecule has 8 nitrogen and oxygen atoms in total. The highest BCUT2D eigenvalue weighted by Crippen LogP contribution is 2.35. The first-order valence-corrected chi connectivity index (χ1v) is 12.2. The minimum absolute atomic E-state index is 0.249. The number of ether oxygens (including phenoxy) is 1. The van der Waals surface area contributed by atoms with Crippen LogP contribution in [0.5, 0.6) is 5.75 Å². The largest absolute Gasteiger partial charge is 0.590 e. The number of hydrogen-bond acceptors (Lipinski definition) is 7. The van der Waals surface area contributed by atoms with Crippen molar-refractivity contribution >= 4 is 32.6 Å². The van der Waals surface area contributed by atoms with E-state index in [9.17, 15) is 27.3 Å². The van der Waals surface area contributed by atoms with Gasteiger partial charge in [-0.15, -0.1) is 0 Å². The van der Waals surface area contributed by atoms with E-state index in [0.717, 1.165) is 49.5 Å².